The maximum absolute atomic E-state index is 12.2. The number of rotatable bonds is 4. The Hall–Kier alpha value is -3.15. The van der Waals surface area contributed by atoms with Crippen molar-refractivity contribution in [3.05, 3.63) is 59.9 Å². The molecule has 1 amide bonds. The zero-order chi connectivity index (χ0) is 16.2. The van der Waals surface area contributed by atoms with E-state index in [4.69, 9.17) is 4.74 Å². The monoisotopic (exact) mass is 309 g/mol. The molecule has 0 aliphatic rings. The molecule has 6 nitrogen and oxygen atoms in total. The molecule has 0 radical (unpaired) electrons. The second-order valence-electron chi connectivity index (χ2n) is 4.87. The van der Waals surface area contributed by atoms with Gasteiger partial charge in [0.1, 0.15) is 5.69 Å². The van der Waals surface area contributed by atoms with Crippen LogP contribution in [0.1, 0.15) is 27.8 Å². The summed E-state index contributed by atoms with van der Waals surface area (Å²) < 4.78 is 4.91. The highest BCUT2D eigenvalue weighted by atomic mass is 16.5. The first-order valence-electron chi connectivity index (χ1n) is 7.19. The van der Waals surface area contributed by atoms with Gasteiger partial charge in [-0.25, -0.2) is 4.79 Å². The predicted octanol–water partition coefficient (Wildman–Crippen LogP) is 2.99. The van der Waals surface area contributed by atoms with Gasteiger partial charge in [-0.3, -0.25) is 9.78 Å². The van der Waals surface area contributed by atoms with Crippen molar-refractivity contribution in [1.29, 1.82) is 0 Å². The quantitative estimate of drug-likeness (QED) is 0.726. The van der Waals surface area contributed by atoms with Crippen LogP contribution in [0.25, 0.3) is 11.0 Å². The predicted molar refractivity (Wildman–Crippen MR) is 86.4 cm³/mol. The molecule has 3 aromatic rings. The summed E-state index contributed by atoms with van der Waals surface area (Å²) >= 11 is 0. The van der Waals surface area contributed by atoms with E-state index in [1.807, 2.05) is 6.07 Å². The maximum Gasteiger partial charge on any atom is 0.338 e. The number of aromatic nitrogens is 2. The van der Waals surface area contributed by atoms with Crippen molar-refractivity contribution in [2.75, 3.05) is 11.9 Å². The number of aromatic amines is 1. The summed E-state index contributed by atoms with van der Waals surface area (Å²) in [6.45, 7) is 2.08. The summed E-state index contributed by atoms with van der Waals surface area (Å²) in [4.78, 5) is 31.0. The van der Waals surface area contributed by atoms with Gasteiger partial charge in [0, 0.05) is 11.9 Å². The van der Waals surface area contributed by atoms with Gasteiger partial charge in [0.2, 0.25) is 0 Å². The van der Waals surface area contributed by atoms with Crippen LogP contribution in [0.2, 0.25) is 0 Å². The number of carbonyl (C=O) groups excluding carboxylic acids is 2. The summed E-state index contributed by atoms with van der Waals surface area (Å²) in [7, 11) is 0. The third-order valence-electron chi connectivity index (χ3n) is 3.29. The van der Waals surface area contributed by atoms with Crippen molar-refractivity contribution >= 4 is 28.6 Å². The smallest absolute Gasteiger partial charge is 0.338 e. The van der Waals surface area contributed by atoms with Crippen molar-refractivity contribution in [2.24, 2.45) is 0 Å². The third kappa shape index (κ3) is 3.21. The number of benzene rings is 1. The van der Waals surface area contributed by atoms with Crippen molar-refractivity contribution in [1.82, 2.24) is 9.97 Å². The van der Waals surface area contributed by atoms with Gasteiger partial charge in [0.05, 0.1) is 23.2 Å². The highest BCUT2D eigenvalue weighted by Crippen LogP contribution is 2.15. The highest BCUT2D eigenvalue weighted by molar-refractivity contribution is 6.05. The number of H-pyrrole nitrogens is 1. The summed E-state index contributed by atoms with van der Waals surface area (Å²) in [5, 5.41) is 2.77. The van der Waals surface area contributed by atoms with E-state index in [-0.39, 0.29) is 11.9 Å². The van der Waals surface area contributed by atoms with Crippen molar-refractivity contribution < 1.29 is 14.3 Å². The number of carbonyl (C=O) groups is 2. The largest absolute Gasteiger partial charge is 0.462 e. The van der Waals surface area contributed by atoms with Crippen LogP contribution in [0, 0.1) is 0 Å². The molecule has 0 unspecified atom stereocenters. The van der Waals surface area contributed by atoms with E-state index in [1.165, 1.54) is 0 Å². The molecule has 0 fully saturated rings. The first-order valence-corrected chi connectivity index (χ1v) is 7.19. The van der Waals surface area contributed by atoms with E-state index in [2.05, 4.69) is 15.3 Å². The first kappa shape index (κ1) is 14.8. The summed E-state index contributed by atoms with van der Waals surface area (Å²) in [5.41, 5.74) is 2.99. The second kappa shape index (κ2) is 6.31. The van der Waals surface area contributed by atoms with Crippen molar-refractivity contribution in [3.63, 3.8) is 0 Å². The van der Waals surface area contributed by atoms with Gasteiger partial charge in [-0.15, -0.1) is 0 Å². The van der Waals surface area contributed by atoms with Gasteiger partial charge in [-0.2, -0.15) is 0 Å². The van der Waals surface area contributed by atoms with Crippen LogP contribution in [0.3, 0.4) is 0 Å². The van der Waals surface area contributed by atoms with E-state index < -0.39 is 0 Å². The lowest BCUT2D eigenvalue weighted by molar-refractivity contribution is 0.0526. The fourth-order valence-electron chi connectivity index (χ4n) is 2.18. The number of nitrogens with zero attached hydrogens (tertiary/aromatic N) is 1. The number of esters is 1. The minimum Gasteiger partial charge on any atom is -0.462 e. The molecule has 2 N–H and O–H groups in total. The average molecular weight is 309 g/mol. The molecule has 1 aromatic carbocycles. The Morgan fingerprint density at radius 3 is 2.70 bits per heavy atom. The van der Waals surface area contributed by atoms with Gasteiger partial charge < -0.3 is 15.0 Å². The molecule has 0 aliphatic carbocycles. The molecular formula is C17H15N3O3. The Morgan fingerprint density at radius 2 is 2.00 bits per heavy atom. The van der Waals surface area contributed by atoms with Crippen LogP contribution in [0.15, 0.2) is 48.7 Å². The number of hydrogen-bond donors (Lipinski definition) is 2. The van der Waals surface area contributed by atoms with Gasteiger partial charge >= 0.3 is 5.97 Å². The third-order valence-corrected chi connectivity index (χ3v) is 3.29. The zero-order valence-corrected chi connectivity index (χ0v) is 12.5. The van der Waals surface area contributed by atoms with E-state index >= 15 is 0 Å². The Balaban J connectivity index is 1.73. The molecule has 2 heterocycles. The Kier molecular flexibility index (Phi) is 4.05. The Bertz CT molecular complexity index is 820. The van der Waals surface area contributed by atoms with E-state index in [0.29, 0.717) is 23.6 Å². The van der Waals surface area contributed by atoms with Crippen LogP contribution in [0.5, 0.6) is 0 Å². The number of ether oxygens (including phenoxy) is 1. The molecule has 0 spiro atoms. The van der Waals surface area contributed by atoms with Crippen LogP contribution >= 0.6 is 0 Å². The molecule has 0 aliphatic heterocycles. The van der Waals surface area contributed by atoms with Gasteiger partial charge in [-0.05, 0) is 49.4 Å². The molecule has 23 heavy (non-hydrogen) atoms. The minimum atomic E-state index is -0.382. The van der Waals surface area contributed by atoms with Crippen molar-refractivity contribution in [3.8, 4) is 0 Å². The fourth-order valence-corrected chi connectivity index (χ4v) is 2.18. The molecule has 2 aromatic heterocycles. The number of fused-ring (bicyclic) bond motifs is 1. The molecular weight excluding hydrogens is 294 g/mol. The first-order chi connectivity index (χ1) is 11.2. The SMILES string of the molecule is CCOC(=O)c1ccc(NC(=O)c2cc3ncccc3[nH]2)cc1. The minimum absolute atomic E-state index is 0.271. The van der Waals surface area contributed by atoms with Gasteiger partial charge in [0.25, 0.3) is 5.91 Å². The molecule has 0 saturated carbocycles. The molecule has 116 valence electrons. The lowest BCUT2D eigenvalue weighted by atomic mass is 10.2. The topological polar surface area (TPSA) is 84.1 Å². The molecule has 6 heteroatoms. The number of nitrogens with one attached hydrogen (secondary N) is 2. The van der Waals surface area contributed by atoms with Crippen LogP contribution in [-0.2, 0) is 4.74 Å². The van der Waals surface area contributed by atoms with Gasteiger partial charge in [-0.1, -0.05) is 0 Å². The van der Waals surface area contributed by atoms with Crippen molar-refractivity contribution in [2.45, 2.75) is 6.92 Å². The summed E-state index contributed by atoms with van der Waals surface area (Å²) in [6, 6.07) is 11.9. The standard InChI is InChI=1S/C17H15N3O3/c1-2-23-17(22)11-5-7-12(8-6-11)19-16(21)15-10-14-13(20-15)4-3-9-18-14/h3-10,20H,2H2,1H3,(H,19,21). The number of pyridine rings is 1. The molecule has 0 atom stereocenters. The van der Waals surface area contributed by atoms with Crippen LogP contribution in [-0.4, -0.2) is 28.5 Å². The van der Waals surface area contributed by atoms with E-state index in [0.717, 1.165) is 11.0 Å². The van der Waals surface area contributed by atoms with Gasteiger partial charge in [0.15, 0.2) is 0 Å². The zero-order valence-electron chi connectivity index (χ0n) is 12.5. The number of amides is 1. The van der Waals surface area contributed by atoms with E-state index in [9.17, 15) is 9.59 Å². The fraction of sp³-hybridized carbons (Fsp3) is 0.118. The highest BCUT2D eigenvalue weighted by Gasteiger charge is 2.11. The van der Waals surface area contributed by atoms with Crippen LogP contribution < -0.4 is 5.32 Å². The van der Waals surface area contributed by atoms with E-state index in [1.54, 1.807) is 49.5 Å². The lowest BCUT2D eigenvalue weighted by Crippen LogP contribution is -2.12. The maximum atomic E-state index is 12.2. The van der Waals surface area contributed by atoms with Crippen LogP contribution in [0.4, 0.5) is 5.69 Å². The normalized spacial score (nSPS) is 10.5. The lowest BCUT2D eigenvalue weighted by Gasteiger charge is -2.05. The summed E-state index contributed by atoms with van der Waals surface area (Å²) in [5.74, 6) is -0.654. The Morgan fingerprint density at radius 1 is 1.22 bits per heavy atom. The summed E-state index contributed by atoms with van der Waals surface area (Å²) in [6.07, 6.45) is 1.67. The number of anilines is 1. The Labute approximate surface area is 132 Å². The molecule has 0 bridgehead atoms. The number of hydrogen-bond acceptors (Lipinski definition) is 4. The second-order valence-corrected chi connectivity index (χ2v) is 4.87. The average Bonchev–Trinajstić information content (AvgIpc) is 3.00. The molecule has 3 rings (SSSR count). The molecule has 0 saturated heterocycles.